The Kier molecular flexibility index (Phi) is 4.23. The summed E-state index contributed by atoms with van der Waals surface area (Å²) in [7, 11) is 0. The van der Waals surface area contributed by atoms with Crippen LogP contribution >= 0.6 is 11.6 Å². The van der Waals surface area contributed by atoms with Crippen LogP contribution in [0, 0.1) is 10.1 Å². The molecule has 2 aromatic rings. The number of anilines is 1. The van der Waals surface area contributed by atoms with Crippen molar-refractivity contribution >= 4 is 28.9 Å². The van der Waals surface area contributed by atoms with Crippen LogP contribution in [-0.2, 0) is 0 Å². The molecule has 8 heteroatoms. The fraction of sp³-hybridized carbons (Fsp3) is 0.231. The second-order valence-electron chi connectivity index (χ2n) is 4.65. The number of carbonyl (C=O) groups is 1. The molecule has 0 aliphatic carbocycles. The van der Waals surface area contributed by atoms with Crippen molar-refractivity contribution in [3.8, 4) is 0 Å². The lowest BCUT2D eigenvalue weighted by Gasteiger charge is -2.05. The van der Waals surface area contributed by atoms with E-state index >= 15 is 0 Å². The standard InChI is InChI=1S/C13H13ClN4O3/c1-8(2)17-7-9(6-15-17)16-13(19)10-4-3-5-11(14)12(10)18(20)21/h3-8H,1-2H3,(H,16,19). The number of nitrogens with one attached hydrogen (secondary N) is 1. The van der Waals surface area contributed by atoms with Crippen molar-refractivity contribution in [2.24, 2.45) is 0 Å². The van der Waals surface area contributed by atoms with E-state index in [4.69, 9.17) is 11.6 Å². The Labute approximate surface area is 125 Å². The highest BCUT2D eigenvalue weighted by Gasteiger charge is 2.23. The van der Waals surface area contributed by atoms with Gasteiger partial charge >= 0.3 is 5.69 Å². The maximum atomic E-state index is 12.2. The molecule has 0 saturated carbocycles. The molecule has 1 aromatic heterocycles. The molecule has 0 unspecified atom stereocenters. The molecule has 0 spiro atoms. The van der Waals surface area contributed by atoms with E-state index in [1.54, 1.807) is 10.9 Å². The highest BCUT2D eigenvalue weighted by atomic mass is 35.5. The Morgan fingerprint density at radius 1 is 1.48 bits per heavy atom. The quantitative estimate of drug-likeness (QED) is 0.693. The fourth-order valence-electron chi connectivity index (χ4n) is 1.77. The maximum Gasteiger partial charge on any atom is 0.300 e. The van der Waals surface area contributed by atoms with Crippen molar-refractivity contribution < 1.29 is 9.72 Å². The van der Waals surface area contributed by atoms with Gasteiger partial charge in [-0.15, -0.1) is 0 Å². The van der Waals surface area contributed by atoms with Gasteiger partial charge in [-0.2, -0.15) is 5.10 Å². The largest absolute Gasteiger partial charge is 0.319 e. The first kappa shape index (κ1) is 15.0. The van der Waals surface area contributed by atoms with Gasteiger partial charge in [-0.25, -0.2) is 0 Å². The Morgan fingerprint density at radius 2 is 2.19 bits per heavy atom. The summed E-state index contributed by atoms with van der Waals surface area (Å²) >= 11 is 5.78. The lowest BCUT2D eigenvalue weighted by Crippen LogP contribution is -2.13. The summed E-state index contributed by atoms with van der Waals surface area (Å²) in [6.07, 6.45) is 3.13. The number of hydrogen-bond donors (Lipinski definition) is 1. The smallest absolute Gasteiger partial charge is 0.300 e. The predicted octanol–water partition coefficient (Wildman–Crippen LogP) is 3.28. The Balaban J connectivity index is 2.28. The van der Waals surface area contributed by atoms with Crippen LogP contribution in [0.4, 0.5) is 11.4 Å². The van der Waals surface area contributed by atoms with Crippen LogP contribution in [0.15, 0.2) is 30.6 Å². The van der Waals surface area contributed by atoms with Gasteiger partial charge in [0.05, 0.1) is 16.8 Å². The van der Waals surface area contributed by atoms with Gasteiger partial charge in [0.1, 0.15) is 10.6 Å². The molecular formula is C13H13ClN4O3. The molecule has 0 aliphatic heterocycles. The van der Waals surface area contributed by atoms with Gasteiger partial charge in [-0.05, 0) is 26.0 Å². The highest BCUT2D eigenvalue weighted by Crippen LogP contribution is 2.28. The van der Waals surface area contributed by atoms with Crippen LogP contribution in [0.2, 0.25) is 5.02 Å². The highest BCUT2D eigenvalue weighted by molar-refractivity contribution is 6.33. The van der Waals surface area contributed by atoms with E-state index in [0.29, 0.717) is 5.69 Å². The zero-order valence-corrected chi connectivity index (χ0v) is 12.2. The molecular weight excluding hydrogens is 296 g/mol. The summed E-state index contributed by atoms with van der Waals surface area (Å²) < 4.78 is 1.67. The van der Waals surface area contributed by atoms with E-state index in [2.05, 4.69) is 10.4 Å². The van der Waals surface area contributed by atoms with E-state index in [9.17, 15) is 14.9 Å². The first-order valence-corrected chi connectivity index (χ1v) is 6.56. The molecule has 0 aliphatic rings. The average Bonchev–Trinajstić information content (AvgIpc) is 2.86. The second kappa shape index (κ2) is 5.92. The van der Waals surface area contributed by atoms with Crippen molar-refractivity contribution in [3.05, 3.63) is 51.3 Å². The second-order valence-corrected chi connectivity index (χ2v) is 5.06. The van der Waals surface area contributed by atoms with Crippen LogP contribution in [0.5, 0.6) is 0 Å². The first-order chi connectivity index (χ1) is 9.90. The number of halogens is 1. The number of hydrogen-bond acceptors (Lipinski definition) is 4. The van der Waals surface area contributed by atoms with Crippen LogP contribution in [0.25, 0.3) is 0 Å². The van der Waals surface area contributed by atoms with E-state index in [-0.39, 0.29) is 16.6 Å². The van der Waals surface area contributed by atoms with Gasteiger partial charge in [-0.1, -0.05) is 17.7 Å². The molecule has 0 bridgehead atoms. The van der Waals surface area contributed by atoms with E-state index in [1.807, 2.05) is 13.8 Å². The van der Waals surface area contributed by atoms with Crippen LogP contribution < -0.4 is 5.32 Å². The number of nitrogens with zero attached hydrogens (tertiary/aromatic N) is 3. The zero-order valence-electron chi connectivity index (χ0n) is 11.4. The molecule has 110 valence electrons. The summed E-state index contributed by atoms with van der Waals surface area (Å²) in [5.74, 6) is -0.604. The minimum Gasteiger partial charge on any atom is -0.319 e. The van der Waals surface area contributed by atoms with Gasteiger partial charge in [0.25, 0.3) is 5.91 Å². The number of para-hydroxylation sites is 1. The Morgan fingerprint density at radius 3 is 2.76 bits per heavy atom. The van der Waals surface area contributed by atoms with Crippen molar-refractivity contribution in [1.82, 2.24) is 9.78 Å². The minimum absolute atomic E-state index is 0.0782. The fourth-order valence-corrected chi connectivity index (χ4v) is 2.01. The summed E-state index contributed by atoms with van der Waals surface area (Å²) in [6, 6.07) is 4.36. The number of rotatable bonds is 4. The number of carbonyl (C=O) groups excluding carboxylic acids is 1. The van der Waals surface area contributed by atoms with Crippen molar-refractivity contribution in [1.29, 1.82) is 0 Å². The lowest BCUT2D eigenvalue weighted by atomic mass is 10.1. The van der Waals surface area contributed by atoms with Crippen molar-refractivity contribution in [3.63, 3.8) is 0 Å². The molecule has 1 heterocycles. The van der Waals surface area contributed by atoms with Crippen molar-refractivity contribution in [2.45, 2.75) is 19.9 Å². The number of aromatic nitrogens is 2. The molecule has 7 nitrogen and oxygen atoms in total. The number of nitro benzene ring substituents is 1. The molecule has 1 amide bonds. The van der Waals surface area contributed by atoms with Crippen LogP contribution in [-0.4, -0.2) is 20.6 Å². The minimum atomic E-state index is -0.672. The van der Waals surface area contributed by atoms with Gasteiger partial charge in [0.15, 0.2) is 0 Å². The molecule has 0 atom stereocenters. The number of nitro groups is 1. The average molecular weight is 309 g/mol. The van der Waals surface area contributed by atoms with Gasteiger partial charge in [0.2, 0.25) is 0 Å². The maximum absolute atomic E-state index is 12.2. The number of amides is 1. The van der Waals surface area contributed by atoms with Crippen LogP contribution in [0.3, 0.4) is 0 Å². The van der Waals surface area contributed by atoms with E-state index in [1.165, 1.54) is 24.4 Å². The summed E-state index contributed by atoms with van der Waals surface area (Å²) in [5.41, 5.74) is -0.0410. The molecule has 2 rings (SSSR count). The number of benzene rings is 1. The van der Waals surface area contributed by atoms with Gasteiger partial charge < -0.3 is 5.32 Å². The third-order valence-electron chi connectivity index (χ3n) is 2.80. The first-order valence-electron chi connectivity index (χ1n) is 6.18. The molecule has 1 N–H and O–H groups in total. The Hall–Kier alpha value is -2.41. The Bertz CT molecular complexity index is 696. The normalized spacial score (nSPS) is 10.7. The molecule has 1 aromatic carbocycles. The van der Waals surface area contributed by atoms with Crippen LogP contribution in [0.1, 0.15) is 30.2 Å². The van der Waals surface area contributed by atoms with Gasteiger partial charge in [-0.3, -0.25) is 19.6 Å². The molecule has 0 radical (unpaired) electrons. The van der Waals surface area contributed by atoms with E-state index < -0.39 is 16.5 Å². The topological polar surface area (TPSA) is 90.1 Å². The lowest BCUT2D eigenvalue weighted by molar-refractivity contribution is -0.385. The predicted molar refractivity (Wildman–Crippen MR) is 78.7 cm³/mol. The summed E-state index contributed by atoms with van der Waals surface area (Å²) in [5, 5.41) is 17.6. The zero-order chi connectivity index (χ0) is 15.6. The summed E-state index contributed by atoms with van der Waals surface area (Å²) in [4.78, 5) is 22.5. The monoisotopic (exact) mass is 308 g/mol. The SMILES string of the molecule is CC(C)n1cc(NC(=O)c2cccc(Cl)c2[N+](=O)[O-])cn1. The third-order valence-corrected chi connectivity index (χ3v) is 3.11. The molecule has 0 fully saturated rings. The van der Waals surface area contributed by atoms with E-state index in [0.717, 1.165) is 0 Å². The van der Waals surface area contributed by atoms with Gasteiger partial charge in [0, 0.05) is 12.2 Å². The van der Waals surface area contributed by atoms with Crippen molar-refractivity contribution in [2.75, 3.05) is 5.32 Å². The molecule has 21 heavy (non-hydrogen) atoms. The third kappa shape index (κ3) is 3.19. The summed E-state index contributed by atoms with van der Waals surface area (Å²) in [6.45, 7) is 3.89. The molecule has 0 saturated heterocycles.